The summed E-state index contributed by atoms with van der Waals surface area (Å²) in [4.78, 5) is 42.0. The number of carbonyl (C=O) groups excluding carboxylic acids is 3. The molecule has 39 heavy (non-hydrogen) atoms. The molecule has 3 rings (SSSR count). The maximum Gasteiger partial charge on any atom is 0.408 e. The largest absolute Gasteiger partial charge is 0.444 e. The molecule has 7 nitrogen and oxygen atoms in total. The van der Waals surface area contributed by atoms with E-state index in [1.165, 1.54) is 4.90 Å². The summed E-state index contributed by atoms with van der Waals surface area (Å²) in [6.07, 6.45) is 0.987. The smallest absolute Gasteiger partial charge is 0.408 e. The predicted molar refractivity (Wildman–Crippen MR) is 157 cm³/mol. The summed E-state index contributed by atoms with van der Waals surface area (Å²) in [5, 5.41) is 7.68. The van der Waals surface area contributed by atoms with Crippen LogP contribution in [0.25, 0.3) is 16.8 Å². The normalized spacial score (nSPS) is 13.2. The molecule has 2 unspecified atom stereocenters. The fourth-order valence-electron chi connectivity index (χ4n) is 4.35. The number of amides is 3. The molecule has 0 saturated carbocycles. The van der Waals surface area contributed by atoms with Crippen LogP contribution in [0.15, 0.2) is 73.3 Å². The molecule has 0 heterocycles. The number of nitrogens with zero attached hydrogens (tertiary/aromatic N) is 1. The van der Waals surface area contributed by atoms with Gasteiger partial charge in [0.25, 0.3) is 5.91 Å². The molecule has 2 N–H and O–H groups in total. The van der Waals surface area contributed by atoms with Crippen molar-refractivity contribution in [1.82, 2.24) is 10.2 Å². The van der Waals surface area contributed by atoms with Crippen molar-refractivity contribution in [2.24, 2.45) is 0 Å². The van der Waals surface area contributed by atoms with Gasteiger partial charge in [0.05, 0.1) is 0 Å². The minimum absolute atomic E-state index is 0.376. The van der Waals surface area contributed by atoms with E-state index in [2.05, 4.69) is 17.2 Å². The van der Waals surface area contributed by atoms with E-state index in [9.17, 15) is 14.4 Å². The summed E-state index contributed by atoms with van der Waals surface area (Å²) in [5.41, 5.74) is 0.557. The van der Waals surface area contributed by atoms with Crippen molar-refractivity contribution < 1.29 is 19.1 Å². The van der Waals surface area contributed by atoms with Crippen LogP contribution in [0.4, 0.5) is 10.5 Å². The second-order valence-electron chi connectivity index (χ2n) is 11.6. The van der Waals surface area contributed by atoms with Crippen molar-refractivity contribution in [3.63, 3.8) is 0 Å². The van der Waals surface area contributed by atoms with Crippen molar-refractivity contribution in [3.8, 4) is 0 Å². The van der Waals surface area contributed by atoms with Crippen LogP contribution in [0.3, 0.4) is 0 Å². The molecule has 0 aliphatic heterocycles. The van der Waals surface area contributed by atoms with Gasteiger partial charge in [-0.25, -0.2) is 4.79 Å². The maximum atomic E-state index is 14.0. The SMILES string of the molecule is C=Cc1cccc(C(C(=O)Nc2ccc3ccccc3c2)N(C(=O)C(C)NC(=O)OC(C)(C)C)C(C)(C)C)c1. The Hall–Kier alpha value is -4.13. The van der Waals surface area contributed by atoms with E-state index >= 15 is 0 Å². The van der Waals surface area contributed by atoms with Crippen LogP contribution >= 0.6 is 0 Å². The summed E-state index contributed by atoms with van der Waals surface area (Å²) in [5.74, 6) is -0.796. The molecule has 2 atom stereocenters. The van der Waals surface area contributed by atoms with E-state index in [1.807, 2.05) is 87.5 Å². The lowest BCUT2D eigenvalue weighted by Crippen LogP contribution is -2.57. The van der Waals surface area contributed by atoms with Crippen LogP contribution in [0.2, 0.25) is 0 Å². The second-order valence-corrected chi connectivity index (χ2v) is 11.6. The second kappa shape index (κ2) is 11.7. The molecule has 3 amide bonds. The fraction of sp³-hybridized carbons (Fsp3) is 0.344. The van der Waals surface area contributed by atoms with Crippen molar-refractivity contribution in [3.05, 3.63) is 84.4 Å². The first-order chi connectivity index (χ1) is 18.2. The molecule has 0 saturated heterocycles. The number of nitrogens with one attached hydrogen (secondary N) is 2. The minimum Gasteiger partial charge on any atom is -0.444 e. The molecule has 3 aromatic rings. The molecule has 0 aromatic heterocycles. The van der Waals surface area contributed by atoms with E-state index in [0.29, 0.717) is 11.3 Å². The van der Waals surface area contributed by atoms with Crippen LogP contribution < -0.4 is 10.6 Å². The molecular formula is C32H39N3O4. The third-order valence-corrected chi connectivity index (χ3v) is 6.05. The number of ether oxygens (including phenoxy) is 1. The van der Waals surface area contributed by atoms with Gasteiger partial charge in [0.1, 0.15) is 17.7 Å². The van der Waals surface area contributed by atoms with Gasteiger partial charge in [0.15, 0.2) is 0 Å². The Bertz CT molecular complexity index is 1370. The quantitative estimate of drug-likeness (QED) is 0.356. The van der Waals surface area contributed by atoms with Gasteiger partial charge in [-0.15, -0.1) is 0 Å². The zero-order valence-electron chi connectivity index (χ0n) is 23.9. The molecule has 7 heteroatoms. The predicted octanol–water partition coefficient (Wildman–Crippen LogP) is 6.70. The average molecular weight is 530 g/mol. The highest BCUT2D eigenvalue weighted by Gasteiger charge is 2.41. The topological polar surface area (TPSA) is 87.7 Å². The van der Waals surface area contributed by atoms with E-state index in [1.54, 1.807) is 33.8 Å². The summed E-state index contributed by atoms with van der Waals surface area (Å²) in [6.45, 7) is 16.3. The van der Waals surface area contributed by atoms with Crippen molar-refractivity contribution in [1.29, 1.82) is 0 Å². The van der Waals surface area contributed by atoms with Gasteiger partial charge in [-0.3, -0.25) is 9.59 Å². The van der Waals surface area contributed by atoms with Crippen LogP contribution in [0.5, 0.6) is 0 Å². The first-order valence-corrected chi connectivity index (χ1v) is 13.0. The van der Waals surface area contributed by atoms with E-state index in [4.69, 9.17) is 4.74 Å². The molecule has 206 valence electrons. The Morgan fingerprint density at radius 1 is 0.897 bits per heavy atom. The number of alkyl carbamates (subject to hydrolysis) is 1. The number of hydrogen-bond acceptors (Lipinski definition) is 4. The highest BCUT2D eigenvalue weighted by atomic mass is 16.6. The Morgan fingerprint density at radius 3 is 2.18 bits per heavy atom. The highest BCUT2D eigenvalue weighted by molar-refractivity contribution is 6.00. The third kappa shape index (κ3) is 7.69. The number of carbonyl (C=O) groups is 3. The Balaban J connectivity index is 2.02. The standard InChI is InChI=1S/C32H39N3O4/c1-9-22-13-12-16-25(19-22)27(28(36)34-26-18-17-23-14-10-11-15-24(23)20-26)35(31(3,4)5)29(37)21(2)33-30(38)39-32(6,7)8/h9-21,27H,1H2,2-8H3,(H,33,38)(H,34,36). The van der Waals surface area contributed by atoms with Gasteiger partial charge < -0.3 is 20.3 Å². The average Bonchev–Trinajstić information content (AvgIpc) is 2.84. The van der Waals surface area contributed by atoms with Crippen molar-refractivity contribution in [2.45, 2.75) is 71.7 Å². The summed E-state index contributed by atoms with van der Waals surface area (Å²) in [6, 6.07) is 19.0. The van der Waals surface area contributed by atoms with Crippen LogP contribution in [-0.2, 0) is 14.3 Å². The Labute approximate surface area is 231 Å². The minimum atomic E-state index is -0.994. The molecule has 3 aromatic carbocycles. The van der Waals surface area contributed by atoms with E-state index in [0.717, 1.165) is 16.3 Å². The number of benzene rings is 3. The Kier molecular flexibility index (Phi) is 8.85. The first-order valence-electron chi connectivity index (χ1n) is 13.0. The van der Waals surface area contributed by atoms with Crippen molar-refractivity contribution in [2.75, 3.05) is 5.32 Å². The molecule has 0 bridgehead atoms. The van der Waals surface area contributed by atoms with Gasteiger partial charge in [0, 0.05) is 11.2 Å². The van der Waals surface area contributed by atoms with Crippen molar-refractivity contribution >= 4 is 40.4 Å². The van der Waals surface area contributed by atoms with Crippen LogP contribution in [0, 0.1) is 0 Å². The zero-order valence-corrected chi connectivity index (χ0v) is 23.9. The number of fused-ring (bicyclic) bond motifs is 1. The molecular weight excluding hydrogens is 490 g/mol. The molecule has 0 aliphatic carbocycles. The molecule has 0 radical (unpaired) electrons. The molecule has 0 fully saturated rings. The lowest BCUT2D eigenvalue weighted by Gasteiger charge is -2.42. The third-order valence-electron chi connectivity index (χ3n) is 6.05. The number of anilines is 1. The summed E-state index contributed by atoms with van der Waals surface area (Å²) < 4.78 is 5.35. The first kappa shape index (κ1) is 29.4. The van der Waals surface area contributed by atoms with E-state index in [-0.39, 0.29) is 5.91 Å². The van der Waals surface area contributed by atoms with Gasteiger partial charge in [-0.1, -0.05) is 61.2 Å². The van der Waals surface area contributed by atoms with Crippen LogP contribution in [0.1, 0.15) is 65.6 Å². The summed E-state index contributed by atoms with van der Waals surface area (Å²) >= 11 is 0. The lowest BCUT2D eigenvalue weighted by molar-refractivity contribution is -0.146. The number of rotatable bonds is 7. The van der Waals surface area contributed by atoms with Gasteiger partial charge in [-0.2, -0.15) is 0 Å². The number of hydrogen-bond donors (Lipinski definition) is 2. The zero-order chi connectivity index (χ0) is 29.0. The van der Waals surface area contributed by atoms with Gasteiger partial charge in [0.2, 0.25) is 5.91 Å². The fourth-order valence-corrected chi connectivity index (χ4v) is 4.35. The highest BCUT2D eigenvalue weighted by Crippen LogP contribution is 2.32. The maximum absolute atomic E-state index is 14.0. The lowest BCUT2D eigenvalue weighted by atomic mass is 9.94. The monoisotopic (exact) mass is 529 g/mol. The van der Waals surface area contributed by atoms with Gasteiger partial charge >= 0.3 is 6.09 Å². The Morgan fingerprint density at radius 2 is 1.56 bits per heavy atom. The summed E-state index contributed by atoms with van der Waals surface area (Å²) in [7, 11) is 0. The van der Waals surface area contributed by atoms with Gasteiger partial charge in [-0.05, 0) is 88.6 Å². The van der Waals surface area contributed by atoms with Crippen LogP contribution in [-0.4, -0.2) is 40.0 Å². The van der Waals surface area contributed by atoms with E-state index < -0.39 is 35.2 Å². The molecule has 0 spiro atoms. The molecule has 0 aliphatic rings.